The summed E-state index contributed by atoms with van der Waals surface area (Å²) >= 11 is 0. The van der Waals surface area contributed by atoms with Gasteiger partial charge in [-0.25, -0.2) is 4.98 Å². The molecular weight excluding hydrogens is 426 g/mol. The van der Waals surface area contributed by atoms with Crippen molar-refractivity contribution in [3.8, 4) is 28.1 Å². The van der Waals surface area contributed by atoms with Crippen molar-refractivity contribution < 1.29 is 14.3 Å². The van der Waals surface area contributed by atoms with Gasteiger partial charge < -0.3 is 10.1 Å². The number of hydrogen-bond acceptors (Lipinski definition) is 5. The second-order valence-corrected chi connectivity index (χ2v) is 8.12. The molecule has 0 saturated heterocycles. The van der Waals surface area contributed by atoms with E-state index in [0.717, 1.165) is 40.1 Å². The molecule has 2 aromatic carbocycles. The van der Waals surface area contributed by atoms with Gasteiger partial charge in [-0.3, -0.25) is 14.6 Å². The van der Waals surface area contributed by atoms with E-state index in [0.29, 0.717) is 18.0 Å². The lowest BCUT2D eigenvalue weighted by molar-refractivity contribution is -0.116. The molecule has 5 rings (SSSR count). The molecule has 1 aliphatic rings. The molecule has 0 spiro atoms. The minimum atomic E-state index is -0.253. The first-order valence-corrected chi connectivity index (χ1v) is 11.2. The molecule has 0 radical (unpaired) electrons. The van der Waals surface area contributed by atoms with Gasteiger partial charge in [0.05, 0.1) is 12.3 Å². The zero-order valence-corrected chi connectivity index (χ0v) is 18.5. The van der Waals surface area contributed by atoms with Gasteiger partial charge >= 0.3 is 0 Å². The number of nitrogens with one attached hydrogen (secondary N) is 1. The van der Waals surface area contributed by atoms with Crippen molar-refractivity contribution in [2.24, 2.45) is 0 Å². The highest BCUT2D eigenvalue weighted by Crippen LogP contribution is 2.28. The largest absolute Gasteiger partial charge is 0.493 e. The predicted octanol–water partition coefficient (Wildman–Crippen LogP) is 5.35. The smallest absolute Gasteiger partial charge is 0.225 e. The van der Waals surface area contributed by atoms with E-state index < -0.39 is 0 Å². The Morgan fingerprint density at radius 2 is 1.68 bits per heavy atom. The first kappa shape index (κ1) is 21.5. The van der Waals surface area contributed by atoms with Gasteiger partial charge in [0.2, 0.25) is 5.91 Å². The predicted molar refractivity (Wildman–Crippen MR) is 131 cm³/mol. The maximum atomic E-state index is 12.7. The minimum absolute atomic E-state index is 0.0617. The van der Waals surface area contributed by atoms with Gasteiger partial charge in [-0.15, -0.1) is 0 Å². The highest BCUT2D eigenvalue weighted by atomic mass is 16.5. The van der Waals surface area contributed by atoms with E-state index >= 15 is 0 Å². The quantitative estimate of drug-likeness (QED) is 0.385. The highest BCUT2D eigenvalue weighted by Gasteiger charge is 2.16. The van der Waals surface area contributed by atoms with Crippen molar-refractivity contribution in [1.82, 2.24) is 9.97 Å². The maximum absolute atomic E-state index is 12.7. The van der Waals surface area contributed by atoms with Gasteiger partial charge in [0.15, 0.2) is 5.78 Å². The van der Waals surface area contributed by atoms with Crippen molar-refractivity contribution in [2.75, 3.05) is 11.9 Å². The van der Waals surface area contributed by atoms with E-state index in [1.54, 1.807) is 18.5 Å². The van der Waals surface area contributed by atoms with E-state index in [4.69, 9.17) is 4.74 Å². The number of amides is 1. The Bertz CT molecular complexity index is 1280. The monoisotopic (exact) mass is 449 g/mol. The number of ketones is 1. The second-order valence-electron chi connectivity index (χ2n) is 8.12. The molecule has 1 N–H and O–H groups in total. The van der Waals surface area contributed by atoms with E-state index in [1.807, 2.05) is 66.7 Å². The summed E-state index contributed by atoms with van der Waals surface area (Å²) in [6.07, 6.45) is 4.47. The van der Waals surface area contributed by atoms with E-state index in [1.165, 1.54) is 0 Å². The number of carbonyl (C=O) groups is 2. The summed E-state index contributed by atoms with van der Waals surface area (Å²) in [7, 11) is 0. The SMILES string of the molecule is O=C(CCC(=O)c1ccc2c(c1)CCO2)Nc1cc(-c2ccncc2)cc(-c2ccccc2)n1. The molecule has 3 heterocycles. The van der Waals surface area contributed by atoms with Crippen LogP contribution in [-0.4, -0.2) is 28.3 Å². The molecule has 1 amide bonds. The fourth-order valence-electron chi connectivity index (χ4n) is 4.00. The van der Waals surface area contributed by atoms with Gasteiger partial charge in [-0.1, -0.05) is 30.3 Å². The average Bonchev–Trinajstić information content (AvgIpc) is 3.36. The third-order valence-corrected chi connectivity index (χ3v) is 5.77. The number of rotatable bonds is 7. The standard InChI is InChI=1S/C28H23N3O3/c32-25(21-6-8-26-22(16-21)12-15-34-26)7-9-28(33)31-27-18-23(19-10-13-29-14-11-19)17-24(30-27)20-4-2-1-3-5-20/h1-6,8,10-11,13-14,16-18H,7,9,12,15H2,(H,30,31,33). The Kier molecular flexibility index (Phi) is 6.12. The van der Waals surface area contributed by atoms with Gasteiger partial charge in [-0.2, -0.15) is 0 Å². The summed E-state index contributed by atoms with van der Waals surface area (Å²) in [5, 5.41) is 2.87. The fourth-order valence-corrected chi connectivity index (χ4v) is 4.00. The molecule has 0 aliphatic carbocycles. The summed E-state index contributed by atoms with van der Waals surface area (Å²) in [5.41, 5.74) is 5.25. The molecule has 34 heavy (non-hydrogen) atoms. The molecule has 6 nitrogen and oxygen atoms in total. The van der Waals surface area contributed by atoms with Crippen molar-refractivity contribution in [1.29, 1.82) is 0 Å². The number of aromatic nitrogens is 2. The molecule has 0 atom stereocenters. The van der Waals surface area contributed by atoms with Gasteiger partial charge in [0.25, 0.3) is 0 Å². The Hall–Kier alpha value is -4.32. The fraction of sp³-hybridized carbons (Fsp3) is 0.143. The lowest BCUT2D eigenvalue weighted by Crippen LogP contribution is -2.14. The summed E-state index contributed by atoms with van der Waals surface area (Å²) in [5.74, 6) is 0.966. The minimum Gasteiger partial charge on any atom is -0.493 e. The number of ether oxygens (including phenoxy) is 1. The summed E-state index contributed by atoms with van der Waals surface area (Å²) < 4.78 is 5.50. The number of fused-ring (bicyclic) bond motifs is 1. The number of Topliss-reactive ketones (excluding diaryl/α,β-unsaturated/α-hetero) is 1. The molecule has 4 aromatic rings. The molecule has 0 bridgehead atoms. The van der Waals surface area contributed by atoms with Crippen molar-refractivity contribution in [2.45, 2.75) is 19.3 Å². The van der Waals surface area contributed by atoms with Gasteiger partial charge in [0.1, 0.15) is 11.6 Å². The lowest BCUT2D eigenvalue weighted by atomic mass is 10.0. The highest BCUT2D eigenvalue weighted by molar-refractivity contribution is 6.00. The Morgan fingerprint density at radius 3 is 2.50 bits per heavy atom. The van der Waals surface area contributed by atoms with Crippen LogP contribution in [0.4, 0.5) is 5.82 Å². The lowest BCUT2D eigenvalue weighted by Gasteiger charge is -2.11. The third kappa shape index (κ3) is 4.86. The number of hydrogen-bond donors (Lipinski definition) is 1. The third-order valence-electron chi connectivity index (χ3n) is 5.77. The zero-order chi connectivity index (χ0) is 23.3. The second kappa shape index (κ2) is 9.67. The van der Waals surface area contributed by atoms with Crippen LogP contribution in [0.25, 0.3) is 22.4 Å². The summed E-state index contributed by atoms with van der Waals surface area (Å²) in [6.45, 7) is 0.645. The van der Waals surface area contributed by atoms with Crippen LogP contribution in [-0.2, 0) is 11.2 Å². The van der Waals surface area contributed by atoms with Crippen LogP contribution in [0.1, 0.15) is 28.8 Å². The van der Waals surface area contributed by atoms with E-state index in [-0.39, 0.29) is 24.5 Å². The number of carbonyl (C=O) groups excluding carboxylic acids is 2. The van der Waals surface area contributed by atoms with Crippen LogP contribution in [0.2, 0.25) is 0 Å². The molecule has 0 unspecified atom stereocenters. The van der Waals surface area contributed by atoms with Crippen LogP contribution >= 0.6 is 0 Å². The normalized spacial score (nSPS) is 12.0. The van der Waals surface area contributed by atoms with Crippen LogP contribution < -0.4 is 10.1 Å². The number of benzene rings is 2. The Morgan fingerprint density at radius 1 is 0.853 bits per heavy atom. The topological polar surface area (TPSA) is 81.2 Å². The van der Waals surface area contributed by atoms with E-state index in [9.17, 15) is 9.59 Å². The number of nitrogens with zero attached hydrogens (tertiary/aromatic N) is 2. The zero-order valence-electron chi connectivity index (χ0n) is 18.5. The van der Waals surface area contributed by atoms with Crippen LogP contribution in [0, 0.1) is 0 Å². The van der Waals surface area contributed by atoms with Gasteiger partial charge in [0, 0.05) is 42.8 Å². The Balaban J connectivity index is 1.32. The van der Waals surface area contributed by atoms with Crippen molar-refractivity contribution >= 4 is 17.5 Å². The summed E-state index contributed by atoms with van der Waals surface area (Å²) in [4.78, 5) is 34.1. The Labute approximate surface area is 197 Å². The number of anilines is 1. The van der Waals surface area contributed by atoms with Crippen LogP contribution in [0.15, 0.2) is 85.2 Å². The average molecular weight is 450 g/mol. The molecule has 0 fully saturated rings. The molecule has 6 heteroatoms. The van der Waals surface area contributed by atoms with Crippen molar-refractivity contribution in [3.63, 3.8) is 0 Å². The first-order valence-electron chi connectivity index (χ1n) is 11.2. The van der Waals surface area contributed by atoms with Crippen molar-refractivity contribution in [3.05, 3.63) is 96.3 Å². The van der Waals surface area contributed by atoms with Crippen LogP contribution in [0.5, 0.6) is 5.75 Å². The van der Waals surface area contributed by atoms with E-state index in [2.05, 4.69) is 15.3 Å². The molecule has 0 saturated carbocycles. The molecule has 168 valence electrons. The number of pyridine rings is 2. The summed E-state index contributed by atoms with van der Waals surface area (Å²) in [6, 6.07) is 22.9. The van der Waals surface area contributed by atoms with Gasteiger partial charge in [-0.05, 0) is 59.2 Å². The first-order chi connectivity index (χ1) is 16.7. The molecule has 2 aromatic heterocycles. The van der Waals surface area contributed by atoms with Crippen LogP contribution in [0.3, 0.4) is 0 Å². The maximum Gasteiger partial charge on any atom is 0.225 e. The molecular formula is C28H23N3O3. The molecule has 1 aliphatic heterocycles.